The Bertz CT molecular complexity index is 1600. The lowest BCUT2D eigenvalue weighted by Crippen LogP contribution is -2.28. The van der Waals surface area contributed by atoms with Gasteiger partial charge in [0.1, 0.15) is 17.2 Å². The summed E-state index contributed by atoms with van der Waals surface area (Å²) in [6, 6.07) is 3.80. The van der Waals surface area contributed by atoms with Crippen LogP contribution >= 0.6 is 0 Å². The number of carbonyl (C=O) groups is 1. The molecule has 0 fully saturated rings. The molecule has 158 valence electrons. The molecule has 0 aliphatic carbocycles. The SMILES string of the molecule is [2H]c1nc2c(c(-c3nc(N)c(N(C)C(=O)OC([2H])([2H])[2H])c(N)n3)nn2C([2H])([2H])c2ccccc2F)c([2H])c1[2H]. The lowest BCUT2D eigenvalue weighted by molar-refractivity contribution is 0.180. The number of halogens is 1. The van der Waals surface area contributed by atoms with E-state index in [2.05, 4.69) is 24.8 Å². The van der Waals surface area contributed by atoms with Crippen LogP contribution in [0.15, 0.2) is 42.5 Å². The van der Waals surface area contributed by atoms with Gasteiger partial charge < -0.3 is 16.2 Å². The second-order valence-electron chi connectivity index (χ2n) is 6.12. The van der Waals surface area contributed by atoms with E-state index in [-0.39, 0.29) is 28.2 Å². The van der Waals surface area contributed by atoms with Crippen LogP contribution in [0.5, 0.6) is 0 Å². The number of nitrogens with zero attached hydrogens (tertiary/aromatic N) is 6. The summed E-state index contributed by atoms with van der Waals surface area (Å²) < 4.78 is 82.4. The predicted molar refractivity (Wildman–Crippen MR) is 114 cm³/mol. The summed E-state index contributed by atoms with van der Waals surface area (Å²) in [7, 11) is -1.94. The van der Waals surface area contributed by atoms with Gasteiger partial charge in [-0.25, -0.2) is 28.8 Å². The van der Waals surface area contributed by atoms with Crippen molar-refractivity contribution in [3.8, 4) is 11.5 Å². The third kappa shape index (κ3) is 3.56. The number of hydrogen-bond acceptors (Lipinski definition) is 8. The summed E-state index contributed by atoms with van der Waals surface area (Å²) in [6.45, 7) is -2.70. The van der Waals surface area contributed by atoms with Crippen molar-refractivity contribution in [1.29, 1.82) is 0 Å². The van der Waals surface area contributed by atoms with Gasteiger partial charge in [0.25, 0.3) is 0 Å². The fraction of sp³-hybridized carbons (Fsp3) is 0.150. The van der Waals surface area contributed by atoms with Crippen LogP contribution in [0.2, 0.25) is 0 Å². The van der Waals surface area contributed by atoms with Crippen LogP contribution in [0.1, 0.15) is 16.5 Å². The molecule has 3 heterocycles. The number of hydrogen-bond donors (Lipinski definition) is 2. The van der Waals surface area contributed by atoms with E-state index in [1.54, 1.807) is 0 Å². The number of fused-ring (bicyclic) bond motifs is 1. The first kappa shape index (κ1) is 12.4. The van der Waals surface area contributed by atoms with Crippen LogP contribution in [0, 0.1) is 5.82 Å². The molecule has 11 heteroatoms. The Morgan fingerprint density at radius 3 is 2.81 bits per heavy atom. The van der Waals surface area contributed by atoms with Gasteiger partial charge >= 0.3 is 6.09 Å². The Labute approximate surface area is 187 Å². The standard InChI is InChI=1S/C20H19FN8O2/c1-28(20(30)31-2)15-16(22)25-18(26-17(15)23)14-12-7-5-9-24-19(12)29(27-14)10-11-6-3-4-8-13(11)21/h3-9H,10H2,1-2H3,(H4,22,23,25,26)/i2D3,5D,7D,9D,10D2. The van der Waals surface area contributed by atoms with E-state index in [4.69, 9.17) is 22.4 Å². The van der Waals surface area contributed by atoms with E-state index >= 15 is 0 Å². The van der Waals surface area contributed by atoms with E-state index < -0.39 is 60.9 Å². The summed E-state index contributed by atoms with van der Waals surface area (Å²) in [5.41, 5.74) is 10.5. The normalized spacial score (nSPS) is 15.5. The minimum atomic E-state index is -3.05. The van der Waals surface area contributed by atoms with Crippen molar-refractivity contribution < 1.29 is 24.9 Å². The number of aromatic nitrogens is 5. The molecule has 0 aliphatic rings. The first-order chi connectivity index (χ1) is 18.0. The monoisotopic (exact) mass is 430 g/mol. The number of amides is 1. The largest absolute Gasteiger partial charge is 0.452 e. The zero-order valence-electron chi connectivity index (χ0n) is 23.8. The summed E-state index contributed by atoms with van der Waals surface area (Å²) in [5.74, 6) is -2.16. The summed E-state index contributed by atoms with van der Waals surface area (Å²) >= 11 is 0. The number of nitrogens with two attached hydrogens (primary N) is 2. The van der Waals surface area contributed by atoms with Gasteiger partial charge in [0, 0.05) is 18.8 Å². The molecule has 31 heavy (non-hydrogen) atoms. The molecule has 0 bridgehead atoms. The highest BCUT2D eigenvalue weighted by Crippen LogP contribution is 2.32. The maximum atomic E-state index is 14.6. The zero-order valence-corrected chi connectivity index (χ0v) is 15.8. The molecule has 0 unspecified atom stereocenters. The van der Waals surface area contributed by atoms with Gasteiger partial charge in [-0.05, 0) is 18.2 Å². The van der Waals surface area contributed by atoms with Gasteiger partial charge in [-0.2, -0.15) is 5.10 Å². The smallest absolute Gasteiger partial charge is 0.413 e. The van der Waals surface area contributed by atoms with Crippen molar-refractivity contribution in [3.63, 3.8) is 0 Å². The van der Waals surface area contributed by atoms with Crippen LogP contribution in [-0.4, -0.2) is 44.9 Å². The average Bonchev–Trinajstić information content (AvgIpc) is 3.21. The zero-order chi connectivity index (χ0) is 29.0. The Morgan fingerprint density at radius 2 is 2.10 bits per heavy atom. The molecule has 0 aliphatic heterocycles. The maximum absolute atomic E-state index is 14.6. The molecule has 0 spiro atoms. The molecule has 4 rings (SSSR count). The van der Waals surface area contributed by atoms with Crippen LogP contribution in [-0.2, 0) is 11.2 Å². The molecule has 1 amide bonds. The van der Waals surface area contributed by atoms with Gasteiger partial charge in [0.2, 0.25) is 0 Å². The van der Waals surface area contributed by atoms with Gasteiger partial charge in [0.15, 0.2) is 23.1 Å². The van der Waals surface area contributed by atoms with Gasteiger partial charge in [-0.15, -0.1) is 0 Å². The van der Waals surface area contributed by atoms with Crippen molar-refractivity contribution in [1.82, 2.24) is 24.7 Å². The van der Waals surface area contributed by atoms with Gasteiger partial charge in [0.05, 0.1) is 29.9 Å². The lowest BCUT2D eigenvalue weighted by Gasteiger charge is -2.18. The molecule has 0 saturated carbocycles. The van der Waals surface area contributed by atoms with Crippen LogP contribution < -0.4 is 16.4 Å². The van der Waals surface area contributed by atoms with Crippen molar-refractivity contribution in [3.05, 3.63) is 53.9 Å². The lowest BCUT2D eigenvalue weighted by atomic mass is 10.2. The number of anilines is 3. The maximum Gasteiger partial charge on any atom is 0.413 e. The molecule has 10 nitrogen and oxygen atoms in total. The average molecular weight is 430 g/mol. The third-order valence-electron chi connectivity index (χ3n) is 4.21. The number of rotatable bonds is 4. The number of methoxy groups -OCH3 is 1. The molecule has 0 atom stereocenters. The van der Waals surface area contributed by atoms with E-state index in [1.165, 1.54) is 18.2 Å². The van der Waals surface area contributed by atoms with Crippen LogP contribution in [0.25, 0.3) is 22.6 Å². The number of pyridine rings is 1. The minimum absolute atomic E-state index is 0.252. The van der Waals surface area contributed by atoms with Gasteiger partial charge in [-0.1, -0.05) is 18.2 Å². The van der Waals surface area contributed by atoms with Crippen molar-refractivity contribution in [2.45, 2.75) is 6.50 Å². The highest BCUT2D eigenvalue weighted by molar-refractivity contribution is 5.96. The Kier molecular flexibility index (Phi) is 3.15. The van der Waals surface area contributed by atoms with E-state index in [0.29, 0.717) is 9.58 Å². The predicted octanol–water partition coefficient (Wildman–Crippen LogP) is 2.44. The molecular formula is C20H19FN8O2. The Balaban J connectivity index is 1.95. The van der Waals surface area contributed by atoms with Crippen molar-refractivity contribution in [2.24, 2.45) is 0 Å². The van der Waals surface area contributed by atoms with Crippen LogP contribution in [0.3, 0.4) is 0 Å². The fourth-order valence-electron chi connectivity index (χ4n) is 2.80. The molecule has 0 radical (unpaired) electrons. The summed E-state index contributed by atoms with van der Waals surface area (Å²) in [4.78, 5) is 24.9. The number of benzene rings is 1. The number of carbonyl (C=O) groups excluding carboxylic acids is 1. The third-order valence-corrected chi connectivity index (χ3v) is 4.21. The highest BCUT2D eigenvalue weighted by Gasteiger charge is 2.23. The van der Waals surface area contributed by atoms with E-state index in [1.807, 2.05) is 0 Å². The molecular weight excluding hydrogens is 403 g/mol. The first-order valence-corrected chi connectivity index (χ1v) is 8.56. The van der Waals surface area contributed by atoms with Gasteiger partial charge in [-0.3, -0.25) is 4.90 Å². The number of nitrogen functional groups attached to an aromatic ring is 2. The molecule has 1 aromatic carbocycles. The molecule has 0 saturated heterocycles. The van der Waals surface area contributed by atoms with E-state index in [9.17, 15) is 9.18 Å². The summed E-state index contributed by atoms with van der Waals surface area (Å²) in [5, 5.41) is 3.89. The molecule has 4 N–H and O–H groups in total. The molecule has 4 aromatic rings. The fourth-order valence-corrected chi connectivity index (χ4v) is 2.80. The van der Waals surface area contributed by atoms with Crippen molar-refractivity contribution >= 4 is 34.4 Å². The Hall–Kier alpha value is -4.28. The number of ether oxygens (including phenoxy) is 1. The summed E-state index contributed by atoms with van der Waals surface area (Å²) in [6.07, 6.45) is -1.99. The molecule has 3 aromatic heterocycles. The minimum Gasteiger partial charge on any atom is -0.452 e. The Morgan fingerprint density at radius 1 is 1.35 bits per heavy atom. The second-order valence-corrected chi connectivity index (χ2v) is 6.12. The highest BCUT2D eigenvalue weighted by atomic mass is 19.1. The van der Waals surface area contributed by atoms with E-state index in [0.717, 1.165) is 13.1 Å². The van der Waals surface area contributed by atoms with Crippen LogP contribution in [0.4, 0.5) is 26.5 Å². The second kappa shape index (κ2) is 7.86. The van der Waals surface area contributed by atoms with Crippen molar-refractivity contribution in [2.75, 3.05) is 30.5 Å². The quantitative estimate of drug-likeness (QED) is 0.503. The first-order valence-electron chi connectivity index (χ1n) is 12.6. The topological polar surface area (TPSA) is 138 Å².